The van der Waals surface area contributed by atoms with Crippen LogP contribution in [0.5, 0.6) is 0 Å². The van der Waals surface area contributed by atoms with E-state index in [1.165, 1.54) is 0 Å². The Kier molecular flexibility index (Phi) is 20.9. The maximum absolute atomic E-state index is 14.8. The van der Waals surface area contributed by atoms with Crippen LogP contribution in [0.25, 0.3) is 0 Å². The van der Waals surface area contributed by atoms with Gasteiger partial charge in [0.2, 0.25) is 29.5 Å². The second-order valence-electron chi connectivity index (χ2n) is 19.5. The first-order chi connectivity index (χ1) is 33.9. The molecule has 0 radical (unpaired) electrons. The average molecular weight is 967 g/mol. The fourth-order valence-electron chi connectivity index (χ4n) is 8.25. The lowest BCUT2D eigenvalue weighted by Gasteiger charge is -2.31. The summed E-state index contributed by atoms with van der Waals surface area (Å²) in [5, 5.41) is 26.7. The average Bonchev–Trinajstić information content (AvgIpc) is 3.33. The second-order valence-corrected chi connectivity index (χ2v) is 19.5. The number of aliphatic hydroxyl groups is 1. The third-order valence-corrected chi connectivity index (χ3v) is 11.8. The molecule has 5 rings (SSSR count). The lowest BCUT2D eigenvalue weighted by molar-refractivity contribution is -0.133. The van der Waals surface area contributed by atoms with Crippen LogP contribution < -0.4 is 32.3 Å². The topological polar surface area (TPSA) is 218 Å². The summed E-state index contributed by atoms with van der Waals surface area (Å²) in [6.07, 6.45) is -1.34. The van der Waals surface area contributed by atoms with Gasteiger partial charge in [-0.3, -0.25) is 24.0 Å². The molecule has 0 spiro atoms. The maximum Gasteiger partial charge on any atom is 0.408 e. The molecule has 0 unspecified atom stereocenters. The van der Waals surface area contributed by atoms with Gasteiger partial charge in [-0.1, -0.05) is 166 Å². The van der Waals surface area contributed by atoms with E-state index in [1.807, 2.05) is 166 Å². The molecule has 0 saturated carbocycles. The van der Waals surface area contributed by atoms with Crippen LogP contribution in [0.2, 0.25) is 0 Å². The van der Waals surface area contributed by atoms with E-state index in [4.69, 9.17) is 10.5 Å². The van der Waals surface area contributed by atoms with Crippen molar-refractivity contribution in [1.29, 1.82) is 0 Å². The molecule has 0 saturated heterocycles. The summed E-state index contributed by atoms with van der Waals surface area (Å²) in [4.78, 5) is 83.4. The van der Waals surface area contributed by atoms with Crippen LogP contribution in [-0.2, 0) is 60.8 Å². The van der Waals surface area contributed by atoms with E-state index in [9.17, 15) is 33.9 Å². The number of benzene rings is 5. The number of nitrogens with one attached hydrogen (secondary N) is 5. The number of carbonyl (C=O) groups is 6. The maximum atomic E-state index is 14.8. The Morgan fingerprint density at radius 2 is 0.817 bits per heavy atom. The number of hydrogen-bond acceptors (Lipinski definition) is 8. The van der Waals surface area contributed by atoms with E-state index in [1.54, 1.807) is 20.8 Å². The molecule has 0 bridgehead atoms. The van der Waals surface area contributed by atoms with Gasteiger partial charge < -0.3 is 42.2 Å². The van der Waals surface area contributed by atoms with Gasteiger partial charge >= 0.3 is 6.09 Å². The first-order valence-corrected chi connectivity index (χ1v) is 24.3. The molecule has 0 fully saturated rings. The van der Waals surface area contributed by atoms with Crippen molar-refractivity contribution in [2.24, 2.45) is 17.6 Å². The Balaban J connectivity index is 1.43. The van der Waals surface area contributed by atoms with Crippen LogP contribution in [0, 0.1) is 11.8 Å². The molecule has 6 amide bonds. The van der Waals surface area contributed by atoms with Gasteiger partial charge in [0, 0.05) is 25.2 Å². The molecule has 5 aromatic rings. The lowest BCUT2D eigenvalue weighted by Crippen LogP contribution is -2.58. The highest BCUT2D eigenvalue weighted by atomic mass is 16.6. The molecule has 7 atom stereocenters. The summed E-state index contributed by atoms with van der Waals surface area (Å²) in [6, 6.07) is 40.7. The van der Waals surface area contributed by atoms with Crippen LogP contribution in [0.4, 0.5) is 4.79 Å². The summed E-state index contributed by atoms with van der Waals surface area (Å²) in [7, 11) is 0. The molecule has 0 heterocycles. The van der Waals surface area contributed by atoms with Crippen molar-refractivity contribution in [2.45, 2.75) is 121 Å². The molecule has 14 heteroatoms. The molecule has 5 aromatic carbocycles. The smallest absolute Gasteiger partial charge is 0.408 e. The number of aliphatic hydroxyl groups excluding tert-OH is 1. The van der Waals surface area contributed by atoms with Crippen LogP contribution in [-0.4, -0.2) is 82.6 Å². The predicted molar refractivity (Wildman–Crippen MR) is 274 cm³/mol. The lowest BCUT2D eigenvalue weighted by atomic mass is 9.88. The Bertz CT molecular complexity index is 2450. The van der Waals surface area contributed by atoms with Crippen molar-refractivity contribution in [3.63, 3.8) is 0 Å². The highest BCUT2D eigenvalue weighted by molar-refractivity contribution is 5.93. The van der Waals surface area contributed by atoms with E-state index in [0.29, 0.717) is 0 Å². The Morgan fingerprint density at radius 3 is 1.24 bits per heavy atom. The summed E-state index contributed by atoms with van der Waals surface area (Å²) in [5.41, 5.74) is 8.83. The molecule has 0 aliphatic rings. The molecule has 0 aromatic heterocycles. The molecule has 71 heavy (non-hydrogen) atoms. The van der Waals surface area contributed by atoms with Crippen LogP contribution >= 0.6 is 0 Å². The molecule has 0 aliphatic heterocycles. The Labute approximate surface area is 417 Å². The Morgan fingerprint density at radius 1 is 0.465 bits per heavy atom. The van der Waals surface area contributed by atoms with Crippen molar-refractivity contribution in [2.75, 3.05) is 0 Å². The first-order valence-electron chi connectivity index (χ1n) is 24.3. The zero-order chi connectivity index (χ0) is 51.3. The normalized spacial score (nSPS) is 14.3. The SMILES string of the molecule is CC(C)C[C@H](NC(=O)[C@H](Cc1ccccc1)C[C@H](O)[C@H](Cc1ccccc1)NC(=O)[C@H](Cc1ccccc1)NC(=O)[C@H](Cc1ccccc1)NC(=O)OC(C)(C)C)C(=O)N[C@@H](Cc1ccccc1)C(N)=O. The van der Waals surface area contributed by atoms with Gasteiger partial charge in [-0.15, -0.1) is 0 Å². The number of primary amides is 1. The molecular weight excluding hydrogens is 897 g/mol. The van der Waals surface area contributed by atoms with E-state index < -0.39 is 83.5 Å². The van der Waals surface area contributed by atoms with Gasteiger partial charge in [0.05, 0.1) is 12.1 Å². The van der Waals surface area contributed by atoms with E-state index >= 15 is 0 Å². The number of amides is 6. The van der Waals surface area contributed by atoms with Gasteiger partial charge in [-0.25, -0.2) is 4.79 Å². The van der Waals surface area contributed by atoms with E-state index in [2.05, 4.69) is 26.6 Å². The number of rotatable bonds is 25. The fraction of sp³-hybridized carbons (Fsp3) is 0.368. The van der Waals surface area contributed by atoms with Gasteiger partial charge in [0.15, 0.2) is 0 Å². The zero-order valence-corrected chi connectivity index (χ0v) is 41.4. The van der Waals surface area contributed by atoms with Crippen LogP contribution in [0.1, 0.15) is 75.3 Å². The molecule has 376 valence electrons. The summed E-state index contributed by atoms with van der Waals surface area (Å²) in [5.74, 6) is -3.97. The van der Waals surface area contributed by atoms with Crippen molar-refractivity contribution < 1.29 is 38.6 Å². The number of ether oxygens (including phenoxy) is 1. The number of hydrogen-bond donors (Lipinski definition) is 7. The molecule has 8 N–H and O–H groups in total. The Hall–Kier alpha value is -7.32. The largest absolute Gasteiger partial charge is 0.444 e. The van der Waals surface area contributed by atoms with Crippen molar-refractivity contribution >= 4 is 35.6 Å². The van der Waals surface area contributed by atoms with Crippen LogP contribution in [0.15, 0.2) is 152 Å². The minimum absolute atomic E-state index is 0.0399. The quantitative estimate of drug-likeness (QED) is 0.0371. The number of carbonyl (C=O) groups excluding carboxylic acids is 6. The van der Waals surface area contributed by atoms with Gasteiger partial charge in [0.1, 0.15) is 29.8 Å². The molecule has 14 nitrogen and oxygen atoms in total. The van der Waals surface area contributed by atoms with Gasteiger partial charge in [-0.05, 0) is 80.2 Å². The fourth-order valence-corrected chi connectivity index (χ4v) is 8.25. The standard InChI is InChI=1S/C57H70N6O8/c1-38(2)31-47(53(67)60-46(51(58)65)34-41-25-15-8-16-26-41)61-52(66)44(32-39-21-11-6-12-22-39)37-50(64)45(33-40-23-13-7-14-24-40)59-54(68)48(35-42-27-17-9-18-28-42)62-55(69)49(36-43-29-19-10-20-30-43)63-56(70)71-57(3,4)5/h6-30,38,44-50,64H,31-37H2,1-5H3,(H2,58,65)(H,59,68)(H,60,67)(H,61,66)(H,62,69)(H,63,70)/t44-,45+,46+,47+,48+,49+,50+/m1/s1. The van der Waals surface area contributed by atoms with Gasteiger partial charge in [0.25, 0.3) is 0 Å². The van der Waals surface area contributed by atoms with Crippen LogP contribution in [0.3, 0.4) is 0 Å². The van der Waals surface area contributed by atoms with E-state index in [0.717, 1.165) is 27.8 Å². The first kappa shape index (κ1) is 54.6. The van der Waals surface area contributed by atoms with E-state index in [-0.39, 0.29) is 50.9 Å². The number of nitrogens with two attached hydrogens (primary N) is 1. The predicted octanol–water partition coefficient (Wildman–Crippen LogP) is 5.93. The molecular formula is C57H70N6O8. The monoisotopic (exact) mass is 967 g/mol. The number of alkyl carbamates (subject to hydrolysis) is 1. The minimum atomic E-state index is -1.33. The highest BCUT2D eigenvalue weighted by Crippen LogP contribution is 2.21. The van der Waals surface area contributed by atoms with Crippen molar-refractivity contribution in [3.05, 3.63) is 179 Å². The summed E-state index contributed by atoms with van der Waals surface area (Å²) < 4.78 is 5.52. The summed E-state index contributed by atoms with van der Waals surface area (Å²) in [6.45, 7) is 8.98. The zero-order valence-electron chi connectivity index (χ0n) is 41.4. The summed E-state index contributed by atoms with van der Waals surface area (Å²) >= 11 is 0. The third-order valence-electron chi connectivity index (χ3n) is 11.8. The minimum Gasteiger partial charge on any atom is -0.444 e. The third kappa shape index (κ3) is 19.2. The van der Waals surface area contributed by atoms with Gasteiger partial charge in [-0.2, -0.15) is 0 Å². The molecule has 0 aliphatic carbocycles. The van der Waals surface area contributed by atoms with Crippen molar-refractivity contribution in [1.82, 2.24) is 26.6 Å². The highest BCUT2D eigenvalue weighted by Gasteiger charge is 2.35. The second kappa shape index (κ2) is 27.2. The van der Waals surface area contributed by atoms with Crippen molar-refractivity contribution in [3.8, 4) is 0 Å².